The third-order valence-corrected chi connectivity index (χ3v) is 5.58. The van der Waals surface area contributed by atoms with Crippen molar-refractivity contribution < 1.29 is 9.18 Å². The highest BCUT2D eigenvalue weighted by Crippen LogP contribution is 2.36. The molecule has 0 bridgehead atoms. The van der Waals surface area contributed by atoms with E-state index in [1.165, 1.54) is 12.1 Å². The second kappa shape index (κ2) is 6.88. The van der Waals surface area contributed by atoms with Gasteiger partial charge in [-0.2, -0.15) is 0 Å². The summed E-state index contributed by atoms with van der Waals surface area (Å²) in [5, 5.41) is 3.06. The van der Waals surface area contributed by atoms with E-state index in [4.69, 9.17) is 0 Å². The molecular weight excluding hydrogens is 337 g/mol. The standard InChI is InChI=1S/C19H18FN3OS/c20-13-5-6-18-14(11-13)15(8-10-25-18)22-19(24)7-9-23-12-21-16-3-1-2-4-17(16)23/h1-6,11-12,15H,7-10H2,(H,22,24). The van der Waals surface area contributed by atoms with Crippen LogP contribution in [0.15, 0.2) is 53.7 Å². The number of nitrogens with one attached hydrogen (secondary N) is 1. The van der Waals surface area contributed by atoms with E-state index in [-0.39, 0.29) is 17.8 Å². The monoisotopic (exact) mass is 355 g/mol. The largest absolute Gasteiger partial charge is 0.349 e. The molecule has 1 unspecified atom stereocenters. The first-order chi connectivity index (χ1) is 12.2. The van der Waals surface area contributed by atoms with Gasteiger partial charge >= 0.3 is 0 Å². The Morgan fingerprint density at radius 3 is 3.12 bits per heavy atom. The van der Waals surface area contributed by atoms with E-state index in [9.17, 15) is 9.18 Å². The number of imidazole rings is 1. The van der Waals surface area contributed by atoms with Crippen LogP contribution in [0.25, 0.3) is 11.0 Å². The number of halogens is 1. The summed E-state index contributed by atoms with van der Waals surface area (Å²) in [5.74, 6) is 0.644. The van der Waals surface area contributed by atoms with Gasteiger partial charge in [0.15, 0.2) is 0 Å². The van der Waals surface area contributed by atoms with E-state index < -0.39 is 0 Å². The van der Waals surface area contributed by atoms with E-state index in [0.717, 1.165) is 33.7 Å². The van der Waals surface area contributed by atoms with Crippen molar-refractivity contribution in [2.75, 3.05) is 5.75 Å². The summed E-state index contributed by atoms with van der Waals surface area (Å²) in [4.78, 5) is 17.8. The van der Waals surface area contributed by atoms with E-state index in [2.05, 4.69) is 10.3 Å². The number of para-hydroxylation sites is 2. The Bertz CT molecular complexity index is 924. The molecule has 2 aromatic carbocycles. The van der Waals surface area contributed by atoms with Crippen LogP contribution in [0.4, 0.5) is 4.39 Å². The summed E-state index contributed by atoms with van der Waals surface area (Å²) in [6.07, 6.45) is 2.95. The topological polar surface area (TPSA) is 46.9 Å². The molecule has 4 nitrogen and oxygen atoms in total. The predicted molar refractivity (Wildman–Crippen MR) is 97.0 cm³/mol. The average molecular weight is 355 g/mol. The van der Waals surface area contributed by atoms with Gasteiger partial charge in [0.2, 0.25) is 5.91 Å². The maximum Gasteiger partial charge on any atom is 0.222 e. The highest BCUT2D eigenvalue weighted by atomic mass is 32.2. The molecule has 0 radical (unpaired) electrons. The zero-order valence-electron chi connectivity index (χ0n) is 13.6. The fourth-order valence-corrected chi connectivity index (χ4v) is 4.30. The Morgan fingerprint density at radius 1 is 1.32 bits per heavy atom. The maximum atomic E-state index is 13.6. The van der Waals surface area contributed by atoms with E-state index in [1.54, 1.807) is 24.2 Å². The summed E-state index contributed by atoms with van der Waals surface area (Å²) < 4.78 is 15.5. The maximum absolute atomic E-state index is 13.6. The molecule has 25 heavy (non-hydrogen) atoms. The van der Waals surface area contributed by atoms with E-state index in [1.807, 2.05) is 28.8 Å². The number of carbonyl (C=O) groups excluding carboxylic acids is 1. The number of rotatable bonds is 4. The van der Waals surface area contributed by atoms with Gasteiger partial charge in [-0.3, -0.25) is 4.79 Å². The fourth-order valence-electron chi connectivity index (χ4n) is 3.19. The molecular formula is C19H18FN3OS. The summed E-state index contributed by atoms with van der Waals surface area (Å²) >= 11 is 1.71. The molecule has 0 spiro atoms. The van der Waals surface area contributed by atoms with Crippen molar-refractivity contribution in [2.24, 2.45) is 0 Å². The highest BCUT2D eigenvalue weighted by molar-refractivity contribution is 7.99. The number of aryl methyl sites for hydroxylation is 1. The quantitative estimate of drug-likeness (QED) is 0.772. The second-order valence-corrected chi connectivity index (χ2v) is 7.25. The van der Waals surface area contributed by atoms with Crippen LogP contribution in [0.3, 0.4) is 0 Å². The molecule has 128 valence electrons. The van der Waals surface area contributed by atoms with Crippen molar-refractivity contribution in [3.05, 3.63) is 60.2 Å². The van der Waals surface area contributed by atoms with Crippen LogP contribution in [0.1, 0.15) is 24.4 Å². The molecule has 0 aliphatic carbocycles. The van der Waals surface area contributed by atoms with Gasteiger partial charge in [0.1, 0.15) is 5.82 Å². The third-order valence-electron chi connectivity index (χ3n) is 4.45. The molecule has 0 saturated heterocycles. The summed E-state index contributed by atoms with van der Waals surface area (Å²) in [6, 6.07) is 12.6. The molecule has 4 rings (SSSR count). The van der Waals surface area contributed by atoms with Crippen LogP contribution in [-0.4, -0.2) is 21.2 Å². The minimum atomic E-state index is -0.259. The van der Waals surface area contributed by atoms with Crippen molar-refractivity contribution in [1.29, 1.82) is 0 Å². The number of hydrogen-bond acceptors (Lipinski definition) is 3. The smallest absolute Gasteiger partial charge is 0.222 e. The van der Waals surface area contributed by atoms with Gasteiger partial charge in [0.25, 0.3) is 0 Å². The van der Waals surface area contributed by atoms with Crippen molar-refractivity contribution in [3.63, 3.8) is 0 Å². The normalized spacial score (nSPS) is 16.6. The minimum Gasteiger partial charge on any atom is -0.349 e. The highest BCUT2D eigenvalue weighted by Gasteiger charge is 2.22. The molecule has 0 saturated carbocycles. The average Bonchev–Trinajstić information content (AvgIpc) is 3.04. The first-order valence-electron chi connectivity index (χ1n) is 8.32. The number of fused-ring (bicyclic) bond motifs is 2. The van der Waals surface area contributed by atoms with Crippen molar-refractivity contribution >= 4 is 28.7 Å². The zero-order valence-corrected chi connectivity index (χ0v) is 14.4. The lowest BCUT2D eigenvalue weighted by Gasteiger charge is -2.26. The number of carbonyl (C=O) groups is 1. The van der Waals surface area contributed by atoms with Gasteiger partial charge in [0.05, 0.1) is 23.4 Å². The van der Waals surface area contributed by atoms with E-state index in [0.29, 0.717) is 13.0 Å². The number of benzene rings is 2. The SMILES string of the molecule is O=C(CCn1cnc2ccccc21)NC1CCSc2ccc(F)cc21. The van der Waals surface area contributed by atoms with Gasteiger partial charge < -0.3 is 9.88 Å². The third kappa shape index (κ3) is 3.39. The van der Waals surface area contributed by atoms with Crippen LogP contribution in [0.2, 0.25) is 0 Å². The minimum absolute atomic E-state index is 0.0232. The van der Waals surface area contributed by atoms with Crippen LogP contribution in [0.5, 0.6) is 0 Å². The van der Waals surface area contributed by atoms with Crippen LogP contribution in [0, 0.1) is 5.82 Å². The number of thioether (sulfide) groups is 1. The predicted octanol–water partition coefficient (Wildman–Crippen LogP) is 3.92. The lowest BCUT2D eigenvalue weighted by molar-refractivity contribution is -0.122. The first-order valence-corrected chi connectivity index (χ1v) is 9.31. The van der Waals surface area contributed by atoms with Crippen molar-refractivity contribution in [3.8, 4) is 0 Å². The van der Waals surface area contributed by atoms with Crippen LogP contribution in [-0.2, 0) is 11.3 Å². The molecule has 1 atom stereocenters. The van der Waals surface area contributed by atoms with E-state index >= 15 is 0 Å². The number of aromatic nitrogens is 2. The Morgan fingerprint density at radius 2 is 2.20 bits per heavy atom. The molecule has 3 aromatic rings. The molecule has 1 amide bonds. The van der Waals surface area contributed by atoms with Crippen molar-refractivity contribution in [2.45, 2.75) is 30.3 Å². The molecule has 1 aliphatic rings. The van der Waals surface area contributed by atoms with Gasteiger partial charge in [-0.15, -0.1) is 11.8 Å². The Balaban J connectivity index is 1.42. The Labute approximate surface area is 149 Å². The second-order valence-electron chi connectivity index (χ2n) is 6.12. The molecule has 1 N–H and O–H groups in total. The lowest BCUT2D eigenvalue weighted by atomic mass is 10.0. The molecule has 2 heterocycles. The lowest BCUT2D eigenvalue weighted by Crippen LogP contribution is -2.31. The van der Waals surface area contributed by atoms with Gasteiger partial charge in [0, 0.05) is 23.6 Å². The van der Waals surface area contributed by atoms with Crippen LogP contribution < -0.4 is 5.32 Å². The van der Waals surface area contributed by atoms with Gasteiger partial charge in [-0.05, 0) is 42.3 Å². The summed E-state index contributed by atoms with van der Waals surface area (Å²) in [6.45, 7) is 0.573. The molecule has 1 aliphatic heterocycles. The van der Waals surface area contributed by atoms with Crippen LogP contribution >= 0.6 is 11.8 Å². The molecule has 0 fully saturated rings. The summed E-state index contributed by atoms with van der Waals surface area (Å²) in [5.41, 5.74) is 2.84. The molecule has 1 aromatic heterocycles. The van der Waals surface area contributed by atoms with Gasteiger partial charge in [-0.25, -0.2) is 9.37 Å². The first kappa shape index (κ1) is 16.1. The Hall–Kier alpha value is -2.34. The van der Waals surface area contributed by atoms with Gasteiger partial charge in [-0.1, -0.05) is 12.1 Å². The number of amides is 1. The van der Waals surface area contributed by atoms with Crippen molar-refractivity contribution in [1.82, 2.24) is 14.9 Å². The Kier molecular flexibility index (Phi) is 4.44. The zero-order chi connectivity index (χ0) is 17.2. The number of hydrogen-bond donors (Lipinski definition) is 1. The summed E-state index contributed by atoms with van der Waals surface area (Å²) in [7, 11) is 0. The number of nitrogens with zero attached hydrogens (tertiary/aromatic N) is 2. The molecule has 6 heteroatoms. The fraction of sp³-hybridized carbons (Fsp3) is 0.263.